The second kappa shape index (κ2) is 10.2. The number of fused-ring (bicyclic) bond motifs is 1. The van der Waals surface area contributed by atoms with E-state index in [0.29, 0.717) is 22.8 Å². The van der Waals surface area contributed by atoms with Gasteiger partial charge in [-0.25, -0.2) is 0 Å². The zero-order valence-electron chi connectivity index (χ0n) is 19.7. The van der Waals surface area contributed by atoms with Gasteiger partial charge in [0.15, 0.2) is 0 Å². The number of hydrogen-bond donors (Lipinski definition) is 2. The number of alkyl halides is 1. The van der Waals surface area contributed by atoms with E-state index in [0.717, 1.165) is 11.1 Å². The van der Waals surface area contributed by atoms with Gasteiger partial charge in [0, 0.05) is 0 Å². The molecule has 0 unspecified atom stereocenters. The third kappa shape index (κ3) is 4.98. The van der Waals surface area contributed by atoms with E-state index in [2.05, 4.69) is 15.3 Å². The van der Waals surface area contributed by atoms with E-state index in [1.165, 1.54) is 11.0 Å². The van der Waals surface area contributed by atoms with Gasteiger partial charge in [-0.2, -0.15) is 0 Å². The predicted octanol–water partition coefficient (Wildman–Crippen LogP) is 0.0637. The molecule has 1 aliphatic heterocycles. The Morgan fingerprint density at radius 3 is 2.77 bits per heavy atom. The van der Waals surface area contributed by atoms with Crippen molar-refractivity contribution in [2.24, 2.45) is 0 Å². The summed E-state index contributed by atoms with van der Waals surface area (Å²) >= 11 is -1.70. The molecule has 2 aromatic carbocycles. The Labute approximate surface area is 213 Å². The van der Waals surface area contributed by atoms with Crippen LogP contribution in [0.3, 0.4) is 0 Å². The van der Waals surface area contributed by atoms with Crippen molar-refractivity contribution in [1.29, 1.82) is 0 Å². The number of ether oxygens (including phenoxy) is 1. The summed E-state index contributed by atoms with van der Waals surface area (Å²) in [5, 5.41) is 2.86. The molecule has 2 atom stereocenters. The van der Waals surface area contributed by atoms with E-state index < -0.39 is 43.3 Å². The minimum absolute atomic E-state index is 0.0893. The van der Waals surface area contributed by atoms with Gasteiger partial charge in [-0.05, 0) is 0 Å². The summed E-state index contributed by atoms with van der Waals surface area (Å²) in [6.07, 6.45) is 1.65. The van der Waals surface area contributed by atoms with Crippen molar-refractivity contribution in [1.82, 2.24) is 20.2 Å². The van der Waals surface area contributed by atoms with Gasteiger partial charge >= 0.3 is 214 Å². The molecule has 0 aliphatic carbocycles. The molecule has 4 rings (SSSR count). The number of nitrogens with zero attached hydrogens (tertiary/aromatic N) is 3. The number of benzene rings is 2. The van der Waals surface area contributed by atoms with Crippen molar-refractivity contribution >= 4 is 11.8 Å². The molecular formula is C25H25FIN4O4-. The van der Waals surface area contributed by atoms with Crippen molar-refractivity contribution < 1.29 is 43.8 Å². The third-order valence-electron chi connectivity index (χ3n) is 5.92. The first-order chi connectivity index (χ1) is 16.7. The van der Waals surface area contributed by atoms with Crippen LogP contribution in [0.2, 0.25) is 0 Å². The molecule has 3 aromatic rings. The van der Waals surface area contributed by atoms with E-state index in [4.69, 9.17) is 4.74 Å². The van der Waals surface area contributed by atoms with Gasteiger partial charge in [0.05, 0.1) is 0 Å². The van der Waals surface area contributed by atoms with Crippen LogP contribution < -0.4 is 31.7 Å². The number of aryl methyl sites for hydroxylation is 2. The second-order valence-corrected chi connectivity index (χ2v) is 10.0. The summed E-state index contributed by atoms with van der Waals surface area (Å²) in [5.74, 6) is -0.345. The van der Waals surface area contributed by atoms with Crippen LogP contribution in [0.25, 0.3) is 11.3 Å². The van der Waals surface area contributed by atoms with Crippen LogP contribution in [-0.4, -0.2) is 41.3 Å². The molecule has 35 heavy (non-hydrogen) atoms. The van der Waals surface area contributed by atoms with Crippen molar-refractivity contribution in [2.75, 3.05) is 7.11 Å². The average molecular weight is 591 g/mol. The number of rotatable bonds is 7. The second-order valence-electron chi connectivity index (χ2n) is 8.31. The Hall–Kier alpha value is -3.12. The van der Waals surface area contributed by atoms with Crippen molar-refractivity contribution in [3.05, 3.63) is 76.5 Å². The quantitative estimate of drug-likeness (QED) is 0.229. The van der Waals surface area contributed by atoms with Crippen LogP contribution >= 0.6 is 0 Å². The van der Waals surface area contributed by atoms with Crippen molar-refractivity contribution in [3.63, 3.8) is 0 Å². The van der Waals surface area contributed by atoms with Crippen LogP contribution in [0.1, 0.15) is 45.8 Å². The van der Waals surface area contributed by atoms with Gasteiger partial charge in [-0.1, -0.05) is 0 Å². The molecule has 1 aliphatic rings. The molecule has 2 heterocycles. The standard InChI is InChI=1S/C25H25FIN4O4/c1-13-11-28-15(3)30-22(13)17-9-19-20(21(26)10-17)12-31(25(19)33)23(27-34)24(32)29-14(2)16-6-5-7-18(8-16)35-4/h5-11,14,23,34H,12H2,1-4H3,(H,29,32)/q-1/t14-,23+/m1/s1. The van der Waals surface area contributed by atoms with E-state index in [-0.39, 0.29) is 23.7 Å². The molecule has 0 radical (unpaired) electrons. The summed E-state index contributed by atoms with van der Waals surface area (Å²) in [5.41, 5.74) is 2.95. The van der Waals surface area contributed by atoms with E-state index in [1.807, 2.05) is 19.1 Å². The minimum atomic E-state index is -1.70. The van der Waals surface area contributed by atoms with Gasteiger partial charge in [0.25, 0.3) is 0 Å². The molecule has 2 amide bonds. The van der Waals surface area contributed by atoms with E-state index in [9.17, 15) is 13.0 Å². The summed E-state index contributed by atoms with van der Waals surface area (Å²) in [4.78, 5) is 36.1. The maximum atomic E-state index is 15.1. The first-order valence-corrected chi connectivity index (χ1v) is 13.1. The number of halogens is 2. The molecule has 2 N–H and O–H groups in total. The third-order valence-corrected chi connectivity index (χ3v) is 7.68. The van der Waals surface area contributed by atoms with Crippen LogP contribution in [0.15, 0.2) is 42.6 Å². The van der Waals surface area contributed by atoms with Gasteiger partial charge in [-0.15, -0.1) is 0 Å². The first-order valence-electron chi connectivity index (χ1n) is 10.9. The van der Waals surface area contributed by atoms with Crippen LogP contribution in [-0.2, 0) is 11.3 Å². The number of amides is 2. The number of nitrogens with one attached hydrogen (secondary N) is 1. The predicted molar refractivity (Wildman–Crippen MR) is 122 cm³/mol. The number of carbonyl (C=O) groups is 2. The summed E-state index contributed by atoms with van der Waals surface area (Å²) in [7, 11) is 1.56. The average Bonchev–Trinajstić information content (AvgIpc) is 3.17. The Morgan fingerprint density at radius 2 is 2.06 bits per heavy atom. The Bertz CT molecular complexity index is 1300. The van der Waals surface area contributed by atoms with Gasteiger partial charge in [0.2, 0.25) is 0 Å². The van der Waals surface area contributed by atoms with Gasteiger partial charge < -0.3 is 0 Å². The number of methoxy groups -OCH3 is 1. The molecule has 1 aromatic heterocycles. The maximum absolute atomic E-state index is 15.1. The van der Waals surface area contributed by atoms with Crippen molar-refractivity contribution in [2.45, 2.75) is 37.4 Å². The van der Waals surface area contributed by atoms with Crippen LogP contribution in [0.4, 0.5) is 4.39 Å². The molecule has 10 heteroatoms. The number of carbonyl (C=O) groups excluding carboxylic acids is 2. The molecule has 0 bridgehead atoms. The molecule has 0 spiro atoms. The molecule has 0 fully saturated rings. The van der Waals surface area contributed by atoms with Gasteiger partial charge in [0.1, 0.15) is 0 Å². The Kier molecular flexibility index (Phi) is 7.31. The van der Waals surface area contributed by atoms with Crippen molar-refractivity contribution in [3.8, 4) is 17.0 Å². The summed E-state index contributed by atoms with van der Waals surface area (Å²) in [6.45, 7) is 5.26. The van der Waals surface area contributed by atoms with Crippen LogP contribution in [0.5, 0.6) is 5.75 Å². The molecule has 0 saturated carbocycles. The van der Waals surface area contributed by atoms with E-state index in [1.54, 1.807) is 45.4 Å². The molecular weight excluding hydrogens is 566 g/mol. The molecule has 0 saturated heterocycles. The number of hydrogen-bond acceptors (Lipinski definition) is 6. The fraction of sp³-hybridized carbons (Fsp3) is 0.280. The SMILES string of the molecule is COc1cccc([C@@H](C)NC(=O)[C@@H]([I-]O)N2Cc3c(F)cc(-c4nc(C)ncc4C)cc3C2=O)c1. The Balaban J connectivity index is 1.58. The Morgan fingerprint density at radius 1 is 1.29 bits per heavy atom. The fourth-order valence-corrected chi connectivity index (χ4v) is 5.23. The monoisotopic (exact) mass is 591 g/mol. The topological polar surface area (TPSA) is 105 Å². The fourth-order valence-electron chi connectivity index (χ4n) is 4.04. The summed E-state index contributed by atoms with van der Waals surface area (Å²) in [6, 6.07) is 9.82. The first kappa shape index (κ1) is 25.0. The summed E-state index contributed by atoms with van der Waals surface area (Å²) < 4.78 is 29.4. The van der Waals surface area contributed by atoms with Gasteiger partial charge in [-0.3, -0.25) is 0 Å². The normalized spacial score (nSPS) is 14.6. The zero-order valence-corrected chi connectivity index (χ0v) is 21.8. The zero-order chi connectivity index (χ0) is 25.3. The molecule has 184 valence electrons. The van der Waals surface area contributed by atoms with E-state index >= 15 is 4.39 Å². The van der Waals surface area contributed by atoms with Crippen LogP contribution in [0, 0.1) is 19.7 Å². The number of aromatic nitrogens is 2. The molecule has 8 nitrogen and oxygen atoms in total.